The summed E-state index contributed by atoms with van der Waals surface area (Å²) in [4.78, 5) is 2.67. The van der Waals surface area contributed by atoms with E-state index >= 15 is 0 Å². The van der Waals surface area contributed by atoms with Crippen LogP contribution in [0, 0.1) is 17.8 Å². The van der Waals surface area contributed by atoms with Crippen LogP contribution in [-0.2, 0) is 0 Å². The molecule has 2 heterocycles. The van der Waals surface area contributed by atoms with Crippen molar-refractivity contribution >= 4 is 0 Å². The van der Waals surface area contributed by atoms with E-state index in [2.05, 4.69) is 11.9 Å². The molecule has 2 aliphatic carbocycles. The predicted molar refractivity (Wildman–Crippen MR) is 95.4 cm³/mol. The van der Waals surface area contributed by atoms with Gasteiger partial charge < -0.3 is 10.0 Å². The summed E-state index contributed by atoms with van der Waals surface area (Å²) >= 11 is 0. The first-order valence-corrected chi connectivity index (χ1v) is 10.6. The summed E-state index contributed by atoms with van der Waals surface area (Å²) in [6.07, 6.45) is 18.7. The van der Waals surface area contributed by atoms with Gasteiger partial charge in [0.2, 0.25) is 0 Å². The molecular weight excluding hydrogens is 282 g/mol. The lowest BCUT2D eigenvalue weighted by Gasteiger charge is -2.50. The number of aliphatic hydroxyl groups is 1. The molecule has 0 spiro atoms. The van der Waals surface area contributed by atoms with Gasteiger partial charge in [0.05, 0.1) is 5.60 Å². The van der Waals surface area contributed by atoms with Crippen LogP contribution in [0.2, 0.25) is 0 Å². The van der Waals surface area contributed by atoms with Crippen LogP contribution in [0.15, 0.2) is 0 Å². The Bertz CT molecular complexity index is 367. The molecule has 0 amide bonds. The van der Waals surface area contributed by atoms with Crippen molar-refractivity contribution in [3.63, 3.8) is 0 Å². The van der Waals surface area contributed by atoms with Crippen LogP contribution in [0.1, 0.15) is 89.9 Å². The van der Waals surface area contributed by atoms with Crippen LogP contribution in [0.5, 0.6) is 0 Å². The zero-order chi connectivity index (χ0) is 15.9. The van der Waals surface area contributed by atoms with Gasteiger partial charge in [-0.15, -0.1) is 0 Å². The number of rotatable bonds is 4. The van der Waals surface area contributed by atoms with E-state index in [-0.39, 0.29) is 5.60 Å². The van der Waals surface area contributed by atoms with Gasteiger partial charge in [0, 0.05) is 12.1 Å². The molecule has 0 aromatic carbocycles. The summed E-state index contributed by atoms with van der Waals surface area (Å²) in [6, 6.07) is 1.62. The van der Waals surface area contributed by atoms with Gasteiger partial charge in [-0.3, -0.25) is 0 Å². The summed E-state index contributed by atoms with van der Waals surface area (Å²) < 4.78 is 0. The monoisotopic (exact) mass is 319 g/mol. The molecule has 0 aromatic heterocycles. The van der Waals surface area contributed by atoms with Gasteiger partial charge in [-0.25, -0.2) is 0 Å². The topological polar surface area (TPSA) is 23.5 Å². The van der Waals surface area contributed by atoms with Crippen molar-refractivity contribution in [1.82, 2.24) is 4.90 Å². The van der Waals surface area contributed by atoms with E-state index in [9.17, 15) is 5.11 Å². The standard InChI is InChI=1S/C21H37NO/c1-22-19-11-6-12-20(22)14-16(13-19)15-21(23,17-7-2-3-8-17)18-9-4-5-10-18/h16-20,23H,2-15H2,1H3. The smallest absolute Gasteiger partial charge is 0.0706 e. The highest BCUT2D eigenvalue weighted by Gasteiger charge is 2.48. The second-order valence-corrected chi connectivity index (χ2v) is 9.40. The third kappa shape index (κ3) is 3.11. The van der Waals surface area contributed by atoms with Gasteiger partial charge in [-0.2, -0.15) is 0 Å². The lowest BCUT2D eigenvalue weighted by molar-refractivity contribution is -0.0965. The van der Waals surface area contributed by atoms with Crippen molar-refractivity contribution in [2.75, 3.05) is 7.05 Å². The molecule has 2 aliphatic heterocycles. The number of piperidine rings is 2. The summed E-state index contributed by atoms with van der Waals surface area (Å²) in [7, 11) is 2.35. The number of hydrogen-bond donors (Lipinski definition) is 1. The molecule has 132 valence electrons. The molecule has 4 fully saturated rings. The minimum Gasteiger partial charge on any atom is -0.389 e. The van der Waals surface area contributed by atoms with Crippen molar-refractivity contribution < 1.29 is 5.11 Å². The minimum absolute atomic E-state index is 0.318. The van der Waals surface area contributed by atoms with E-state index in [1.165, 1.54) is 83.5 Å². The van der Waals surface area contributed by atoms with Gasteiger partial charge in [-0.1, -0.05) is 32.1 Å². The Morgan fingerprint density at radius 1 is 0.783 bits per heavy atom. The van der Waals surface area contributed by atoms with Crippen LogP contribution >= 0.6 is 0 Å². The molecule has 2 saturated carbocycles. The van der Waals surface area contributed by atoms with Crippen molar-refractivity contribution in [3.8, 4) is 0 Å². The van der Waals surface area contributed by atoms with Gasteiger partial charge in [0.15, 0.2) is 0 Å². The quantitative estimate of drug-likeness (QED) is 0.808. The van der Waals surface area contributed by atoms with Crippen LogP contribution in [0.4, 0.5) is 0 Å². The Labute approximate surface area is 143 Å². The average Bonchev–Trinajstić information content (AvgIpc) is 3.22. The second-order valence-electron chi connectivity index (χ2n) is 9.40. The molecule has 4 aliphatic rings. The van der Waals surface area contributed by atoms with E-state index in [4.69, 9.17) is 0 Å². The Kier molecular flexibility index (Phi) is 4.75. The highest BCUT2D eigenvalue weighted by atomic mass is 16.3. The molecule has 2 nitrogen and oxygen atoms in total. The first kappa shape index (κ1) is 16.4. The third-order valence-electron chi connectivity index (χ3n) is 8.18. The van der Waals surface area contributed by atoms with E-state index in [1.807, 2.05) is 0 Å². The van der Waals surface area contributed by atoms with Crippen molar-refractivity contribution in [3.05, 3.63) is 0 Å². The Morgan fingerprint density at radius 2 is 1.26 bits per heavy atom. The fraction of sp³-hybridized carbons (Fsp3) is 1.00. The Balaban J connectivity index is 1.49. The number of hydrogen-bond acceptors (Lipinski definition) is 2. The first-order chi connectivity index (χ1) is 11.2. The molecule has 0 aromatic rings. The molecule has 4 rings (SSSR count). The van der Waals surface area contributed by atoms with Gasteiger partial charge >= 0.3 is 0 Å². The highest BCUT2D eigenvalue weighted by molar-refractivity contribution is 5.00. The van der Waals surface area contributed by atoms with E-state index in [0.717, 1.165) is 24.4 Å². The Morgan fingerprint density at radius 3 is 1.74 bits per heavy atom. The molecule has 2 heteroatoms. The molecule has 2 unspecified atom stereocenters. The predicted octanol–water partition coefficient (Wildman–Crippen LogP) is 4.75. The third-order valence-corrected chi connectivity index (χ3v) is 8.18. The lowest BCUT2D eigenvalue weighted by Crippen LogP contribution is -2.52. The molecule has 23 heavy (non-hydrogen) atoms. The first-order valence-electron chi connectivity index (χ1n) is 10.6. The lowest BCUT2D eigenvalue weighted by atomic mass is 9.66. The maximum absolute atomic E-state index is 11.9. The maximum atomic E-state index is 11.9. The van der Waals surface area contributed by atoms with E-state index in [1.54, 1.807) is 0 Å². The largest absolute Gasteiger partial charge is 0.389 e. The van der Waals surface area contributed by atoms with Gasteiger partial charge in [-0.05, 0) is 82.6 Å². The minimum atomic E-state index is -0.318. The molecular formula is C21H37NO. The van der Waals surface area contributed by atoms with Crippen LogP contribution in [-0.4, -0.2) is 34.7 Å². The zero-order valence-electron chi connectivity index (χ0n) is 15.2. The van der Waals surface area contributed by atoms with Crippen LogP contribution in [0.25, 0.3) is 0 Å². The average molecular weight is 320 g/mol. The van der Waals surface area contributed by atoms with Crippen molar-refractivity contribution in [2.24, 2.45) is 17.8 Å². The number of fused-ring (bicyclic) bond motifs is 2. The summed E-state index contributed by atoms with van der Waals surface area (Å²) in [6.45, 7) is 0. The van der Waals surface area contributed by atoms with E-state index in [0.29, 0.717) is 11.8 Å². The normalized spacial score (nSPS) is 37.6. The summed E-state index contributed by atoms with van der Waals surface area (Å²) in [5, 5.41) is 11.9. The fourth-order valence-corrected chi connectivity index (χ4v) is 6.88. The van der Waals surface area contributed by atoms with E-state index < -0.39 is 0 Å². The molecule has 2 bridgehead atoms. The summed E-state index contributed by atoms with van der Waals surface area (Å²) in [5.74, 6) is 2.02. The second kappa shape index (κ2) is 6.67. The zero-order valence-corrected chi connectivity index (χ0v) is 15.2. The maximum Gasteiger partial charge on any atom is 0.0706 e. The molecule has 2 saturated heterocycles. The molecule has 2 atom stereocenters. The van der Waals surface area contributed by atoms with Gasteiger partial charge in [0.25, 0.3) is 0 Å². The fourth-order valence-electron chi connectivity index (χ4n) is 6.88. The molecule has 0 radical (unpaired) electrons. The van der Waals surface area contributed by atoms with Crippen LogP contribution in [0.3, 0.4) is 0 Å². The number of nitrogens with zero attached hydrogens (tertiary/aromatic N) is 1. The van der Waals surface area contributed by atoms with Crippen LogP contribution < -0.4 is 0 Å². The van der Waals surface area contributed by atoms with Gasteiger partial charge in [0.1, 0.15) is 0 Å². The van der Waals surface area contributed by atoms with Crippen molar-refractivity contribution in [2.45, 2.75) is 108 Å². The van der Waals surface area contributed by atoms with Crippen molar-refractivity contribution in [1.29, 1.82) is 0 Å². The SMILES string of the molecule is CN1C2CCCC1CC(CC(O)(C1CCCC1)C1CCCC1)C2. The Hall–Kier alpha value is -0.0800. The highest BCUT2D eigenvalue weighted by Crippen LogP contribution is 2.50. The summed E-state index contributed by atoms with van der Waals surface area (Å²) in [5.41, 5.74) is -0.318. The molecule has 1 N–H and O–H groups in total.